The topological polar surface area (TPSA) is 115 Å². The first-order valence-electron chi connectivity index (χ1n) is 5.24. The molecule has 0 radical (unpaired) electrons. The van der Waals surface area contributed by atoms with E-state index in [0.717, 1.165) is 0 Å². The quantitative estimate of drug-likeness (QED) is 0.446. The maximum absolute atomic E-state index is 11.2. The van der Waals surface area contributed by atoms with E-state index in [1.807, 2.05) is 0 Å². The maximum Gasteiger partial charge on any atom is 0.340 e. The molecule has 9 heteroatoms. The minimum absolute atomic E-state index is 0.275. The summed E-state index contributed by atoms with van der Waals surface area (Å²) in [5.74, 6) is 0. The molecule has 0 aromatic carbocycles. The average Bonchev–Trinajstić information content (AvgIpc) is 2.11. The zero-order chi connectivity index (χ0) is 14.2. The van der Waals surface area contributed by atoms with Gasteiger partial charge in [-0.05, 0) is 12.2 Å². The zero-order valence-electron chi connectivity index (χ0n) is 10.1. The van der Waals surface area contributed by atoms with E-state index in [4.69, 9.17) is 19.6 Å². The average molecular weight is 298 g/mol. The summed E-state index contributed by atoms with van der Waals surface area (Å²) in [5.41, 5.74) is 0. The molecule has 1 unspecified atom stereocenters. The molecule has 0 aliphatic carbocycles. The molecule has 0 fully saturated rings. The molecule has 0 saturated carbocycles. The Bertz CT molecular complexity index is 438. The highest BCUT2D eigenvalue weighted by atomic mass is 31.2. The summed E-state index contributed by atoms with van der Waals surface area (Å²) < 4.78 is 22.7. The molecular weight excluding hydrogens is 280 g/mol. The smallest absolute Gasteiger partial charge is 0.324 e. The lowest BCUT2D eigenvalue weighted by molar-refractivity contribution is -0.859. The number of quaternary nitrogens is 1. The number of hydrogen-bond donors (Lipinski definition) is 4. The summed E-state index contributed by atoms with van der Waals surface area (Å²) in [4.78, 5) is 36.3. The third kappa shape index (κ3) is 3.87. The van der Waals surface area contributed by atoms with Crippen LogP contribution in [0.5, 0.6) is 0 Å². The highest BCUT2D eigenvalue weighted by molar-refractivity contribution is 7.70. The van der Waals surface area contributed by atoms with Crippen LogP contribution >= 0.6 is 15.2 Å². The van der Waals surface area contributed by atoms with Crippen molar-refractivity contribution in [1.29, 1.82) is 0 Å². The molecule has 0 saturated heterocycles. The largest absolute Gasteiger partial charge is 0.340 e. The Balaban J connectivity index is 3.00. The van der Waals surface area contributed by atoms with Gasteiger partial charge in [-0.2, -0.15) is 0 Å². The first-order valence-corrected chi connectivity index (χ1v) is 8.61. The Morgan fingerprint density at radius 3 is 2.00 bits per heavy atom. The van der Waals surface area contributed by atoms with Gasteiger partial charge in [0.1, 0.15) is 6.04 Å². The standard InChI is InChI=1S/C9H17NO6P2/c1-10(2)6-4-3-5-8(10)7-9(17(11,12)13)18(14,15)16/h3-6,8-9H,7H2,1-2H3,(H3-,11,12,13,14,15,16)/p+1. The summed E-state index contributed by atoms with van der Waals surface area (Å²) in [5, 5.41) is -1.96. The van der Waals surface area contributed by atoms with Crippen molar-refractivity contribution in [2.75, 3.05) is 14.1 Å². The van der Waals surface area contributed by atoms with Crippen LogP contribution in [0.4, 0.5) is 0 Å². The van der Waals surface area contributed by atoms with E-state index >= 15 is 0 Å². The minimum atomic E-state index is -4.85. The van der Waals surface area contributed by atoms with Crippen molar-refractivity contribution in [3.05, 3.63) is 24.4 Å². The van der Waals surface area contributed by atoms with Gasteiger partial charge in [-0.15, -0.1) is 0 Å². The molecule has 1 aliphatic rings. The van der Waals surface area contributed by atoms with Gasteiger partial charge in [0.2, 0.25) is 0 Å². The van der Waals surface area contributed by atoms with Crippen molar-refractivity contribution in [2.45, 2.75) is 17.9 Å². The first kappa shape index (κ1) is 15.8. The predicted octanol–water partition coefficient (Wildman–Crippen LogP) is 0.586. The van der Waals surface area contributed by atoms with Gasteiger partial charge in [0.25, 0.3) is 0 Å². The Labute approximate surface area is 105 Å². The van der Waals surface area contributed by atoms with Gasteiger partial charge in [0.15, 0.2) is 5.40 Å². The lowest BCUT2D eigenvalue weighted by Crippen LogP contribution is -2.45. The molecule has 7 nitrogen and oxygen atoms in total. The van der Waals surface area contributed by atoms with Gasteiger partial charge >= 0.3 is 15.2 Å². The van der Waals surface area contributed by atoms with Crippen LogP contribution in [0.1, 0.15) is 6.42 Å². The Hall–Kier alpha value is -0.260. The second-order valence-electron chi connectivity index (χ2n) is 4.82. The fraction of sp³-hybridized carbons (Fsp3) is 0.556. The number of rotatable bonds is 4. The Morgan fingerprint density at radius 2 is 1.61 bits per heavy atom. The monoisotopic (exact) mass is 298 g/mol. The molecule has 1 atom stereocenters. The van der Waals surface area contributed by atoms with E-state index in [9.17, 15) is 9.13 Å². The van der Waals surface area contributed by atoms with Crippen molar-refractivity contribution in [2.24, 2.45) is 0 Å². The maximum atomic E-state index is 11.2. The second-order valence-corrected chi connectivity index (χ2v) is 8.83. The Kier molecular flexibility index (Phi) is 4.41. The third-order valence-electron chi connectivity index (χ3n) is 3.00. The highest BCUT2D eigenvalue weighted by Crippen LogP contribution is 2.62. The van der Waals surface area contributed by atoms with Crippen molar-refractivity contribution in [3.8, 4) is 0 Å². The van der Waals surface area contributed by atoms with Crippen LogP contribution in [0.2, 0.25) is 0 Å². The molecule has 0 aromatic rings. The van der Waals surface area contributed by atoms with Crippen LogP contribution in [0.15, 0.2) is 24.4 Å². The molecule has 1 aliphatic heterocycles. The summed E-state index contributed by atoms with van der Waals surface area (Å²) in [6.07, 6.45) is 6.69. The second kappa shape index (κ2) is 5.02. The van der Waals surface area contributed by atoms with Crippen LogP contribution in [-0.2, 0) is 9.13 Å². The normalized spacial score (nSPS) is 23.6. The highest BCUT2D eigenvalue weighted by Gasteiger charge is 2.46. The van der Waals surface area contributed by atoms with Crippen LogP contribution in [-0.4, -0.2) is 49.6 Å². The number of hydrogen-bond acceptors (Lipinski definition) is 2. The van der Waals surface area contributed by atoms with E-state index in [0.29, 0.717) is 0 Å². The molecule has 0 spiro atoms. The Morgan fingerprint density at radius 1 is 1.11 bits per heavy atom. The minimum Gasteiger partial charge on any atom is -0.324 e. The molecule has 18 heavy (non-hydrogen) atoms. The van der Waals surface area contributed by atoms with Crippen LogP contribution in [0.25, 0.3) is 0 Å². The first-order chi connectivity index (χ1) is 7.94. The lowest BCUT2D eigenvalue weighted by Gasteiger charge is -2.36. The fourth-order valence-corrected chi connectivity index (χ4v) is 4.38. The number of nitrogens with zero attached hydrogens (tertiary/aromatic N) is 1. The molecule has 0 amide bonds. The SMILES string of the molecule is C[N+]1(C)C=CC=CC1CC(P(=O)(O)O)P(=O)(O)O. The predicted molar refractivity (Wildman–Crippen MR) is 66.7 cm³/mol. The van der Waals surface area contributed by atoms with E-state index in [1.54, 1.807) is 38.5 Å². The molecule has 1 rings (SSSR count). The summed E-state index contributed by atoms with van der Waals surface area (Å²) >= 11 is 0. The van der Waals surface area contributed by atoms with Gasteiger partial charge in [0.05, 0.1) is 20.3 Å². The summed E-state index contributed by atoms with van der Waals surface area (Å²) in [6.45, 7) is 0. The zero-order valence-corrected chi connectivity index (χ0v) is 11.9. The molecule has 0 aromatic heterocycles. The molecular formula is C9H18NO6P2+. The molecule has 1 heterocycles. The van der Waals surface area contributed by atoms with Crippen molar-refractivity contribution in [1.82, 2.24) is 0 Å². The van der Waals surface area contributed by atoms with Crippen LogP contribution < -0.4 is 0 Å². The fourth-order valence-electron chi connectivity index (χ4n) is 1.83. The van der Waals surface area contributed by atoms with Crippen LogP contribution in [0.3, 0.4) is 0 Å². The third-order valence-corrected chi connectivity index (χ3v) is 6.78. The van der Waals surface area contributed by atoms with E-state index in [-0.39, 0.29) is 16.9 Å². The van der Waals surface area contributed by atoms with Crippen molar-refractivity contribution in [3.63, 3.8) is 0 Å². The molecule has 0 bridgehead atoms. The van der Waals surface area contributed by atoms with Crippen LogP contribution in [0, 0.1) is 0 Å². The van der Waals surface area contributed by atoms with Crippen molar-refractivity contribution < 1.29 is 33.2 Å². The van der Waals surface area contributed by atoms with Gasteiger partial charge < -0.3 is 19.6 Å². The molecule has 104 valence electrons. The van der Waals surface area contributed by atoms with Gasteiger partial charge in [-0.1, -0.05) is 6.08 Å². The van der Waals surface area contributed by atoms with E-state index < -0.39 is 20.6 Å². The number of likely N-dealkylation sites (N-methyl/N-ethyl adjacent to an activating group) is 1. The molecule has 4 N–H and O–H groups in total. The van der Waals surface area contributed by atoms with Crippen molar-refractivity contribution >= 4 is 15.2 Å². The number of allylic oxidation sites excluding steroid dienone is 2. The van der Waals surface area contributed by atoms with Gasteiger partial charge in [0, 0.05) is 6.42 Å². The van der Waals surface area contributed by atoms with E-state index in [2.05, 4.69) is 0 Å². The van der Waals surface area contributed by atoms with Gasteiger partial charge in [-0.3, -0.25) is 13.6 Å². The summed E-state index contributed by atoms with van der Waals surface area (Å²) in [6, 6.07) is -0.389. The van der Waals surface area contributed by atoms with Gasteiger partial charge in [-0.25, -0.2) is 0 Å². The summed E-state index contributed by atoms with van der Waals surface area (Å²) in [7, 11) is -6.12. The van der Waals surface area contributed by atoms with E-state index in [1.165, 1.54) is 0 Å². The lowest BCUT2D eigenvalue weighted by atomic mass is 10.1.